The van der Waals surface area contributed by atoms with E-state index in [1.165, 1.54) is 19.2 Å². The third kappa shape index (κ3) is 2.08. The predicted molar refractivity (Wildman–Crippen MR) is 62.8 cm³/mol. The summed E-state index contributed by atoms with van der Waals surface area (Å²) in [6.07, 6.45) is 0. The van der Waals surface area contributed by atoms with Gasteiger partial charge in [0.25, 0.3) is 0 Å². The van der Waals surface area contributed by atoms with Crippen LogP contribution < -0.4 is 0 Å². The number of carbonyl (C=O) groups excluding carboxylic acids is 1. The number of hydrogen-bond acceptors (Lipinski definition) is 3. The van der Waals surface area contributed by atoms with Gasteiger partial charge in [0.2, 0.25) is 0 Å². The highest BCUT2D eigenvalue weighted by Crippen LogP contribution is 2.26. The second-order valence-electron chi connectivity index (χ2n) is 3.63. The van der Waals surface area contributed by atoms with Gasteiger partial charge in [-0.05, 0) is 30.7 Å². The maximum Gasteiger partial charge on any atom is 0.356 e. The number of aryl methyl sites for hydroxylation is 1. The van der Waals surface area contributed by atoms with Gasteiger partial charge in [-0.15, -0.1) is 0 Å². The first kappa shape index (κ1) is 11.8. The van der Waals surface area contributed by atoms with E-state index < -0.39 is 11.8 Å². The molecule has 0 unspecified atom stereocenters. The minimum absolute atomic E-state index is 0.00671. The zero-order valence-electron chi connectivity index (χ0n) is 9.25. The highest BCUT2D eigenvalue weighted by Gasteiger charge is 2.14. The lowest BCUT2D eigenvalue weighted by Gasteiger charge is -2.06. The van der Waals surface area contributed by atoms with Crippen LogP contribution in [0.15, 0.2) is 18.2 Å². The van der Waals surface area contributed by atoms with Crippen LogP contribution >= 0.6 is 11.6 Å². The number of pyridine rings is 1. The Kier molecular flexibility index (Phi) is 2.98. The van der Waals surface area contributed by atoms with Crippen molar-refractivity contribution in [1.29, 1.82) is 0 Å². The van der Waals surface area contributed by atoms with Crippen molar-refractivity contribution in [3.63, 3.8) is 0 Å². The Hall–Kier alpha value is -1.68. The molecule has 88 valence electrons. The summed E-state index contributed by atoms with van der Waals surface area (Å²) in [5.74, 6) is -1.08. The average Bonchev–Trinajstić information content (AvgIpc) is 2.29. The van der Waals surface area contributed by atoms with Crippen molar-refractivity contribution < 1.29 is 13.9 Å². The number of esters is 1. The van der Waals surface area contributed by atoms with Crippen molar-refractivity contribution in [1.82, 2.24) is 4.98 Å². The monoisotopic (exact) mass is 253 g/mol. The van der Waals surface area contributed by atoms with Gasteiger partial charge < -0.3 is 4.74 Å². The van der Waals surface area contributed by atoms with Crippen molar-refractivity contribution in [2.45, 2.75) is 6.92 Å². The van der Waals surface area contributed by atoms with E-state index in [9.17, 15) is 9.18 Å². The largest absolute Gasteiger partial charge is 0.464 e. The molecule has 0 spiro atoms. The molecule has 0 amide bonds. The van der Waals surface area contributed by atoms with E-state index in [0.29, 0.717) is 5.39 Å². The molecular weight excluding hydrogens is 245 g/mol. The molecule has 0 radical (unpaired) electrons. The Bertz CT molecular complexity index is 613. The fourth-order valence-electron chi connectivity index (χ4n) is 1.61. The lowest BCUT2D eigenvalue weighted by Crippen LogP contribution is -2.04. The van der Waals surface area contributed by atoms with E-state index in [4.69, 9.17) is 11.6 Å². The predicted octanol–water partition coefficient (Wildman–Crippen LogP) is 3.12. The number of hydrogen-bond donors (Lipinski definition) is 0. The van der Waals surface area contributed by atoms with E-state index >= 15 is 0 Å². The van der Waals surface area contributed by atoms with Gasteiger partial charge in [-0.3, -0.25) is 0 Å². The van der Waals surface area contributed by atoms with Gasteiger partial charge in [-0.1, -0.05) is 11.6 Å². The minimum Gasteiger partial charge on any atom is -0.464 e. The molecule has 0 aliphatic carbocycles. The number of ether oxygens (including phenoxy) is 1. The second-order valence-corrected chi connectivity index (χ2v) is 3.99. The van der Waals surface area contributed by atoms with Gasteiger partial charge in [-0.25, -0.2) is 14.2 Å². The van der Waals surface area contributed by atoms with Crippen LogP contribution in [0.5, 0.6) is 0 Å². The maximum absolute atomic E-state index is 13.7. The molecule has 2 rings (SSSR count). The molecule has 0 N–H and O–H groups in total. The van der Waals surface area contributed by atoms with Crippen LogP contribution in [-0.2, 0) is 4.74 Å². The van der Waals surface area contributed by atoms with Crippen LogP contribution in [-0.4, -0.2) is 18.1 Å². The summed E-state index contributed by atoms with van der Waals surface area (Å²) in [6.45, 7) is 1.76. The first-order valence-electron chi connectivity index (χ1n) is 4.87. The Labute approximate surface area is 102 Å². The molecule has 0 aliphatic rings. The highest BCUT2D eigenvalue weighted by atomic mass is 35.5. The van der Waals surface area contributed by atoms with Crippen molar-refractivity contribution in [3.05, 3.63) is 40.4 Å². The number of rotatable bonds is 1. The van der Waals surface area contributed by atoms with E-state index in [2.05, 4.69) is 9.72 Å². The van der Waals surface area contributed by atoms with Crippen LogP contribution in [0.25, 0.3) is 10.8 Å². The lowest BCUT2D eigenvalue weighted by molar-refractivity contribution is 0.0594. The van der Waals surface area contributed by atoms with Crippen molar-refractivity contribution in [2.24, 2.45) is 0 Å². The third-order valence-electron chi connectivity index (χ3n) is 2.39. The molecule has 0 saturated carbocycles. The molecule has 2 aromatic rings. The quantitative estimate of drug-likeness (QED) is 0.579. The molecule has 0 aliphatic heterocycles. The van der Waals surface area contributed by atoms with Gasteiger partial charge in [0.05, 0.1) is 7.11 Å². The first-order chi connectivity index (χ1) is 8.02. The summed E-state index contributed by atoms with van der Waals surface area (Å²) in [7, 11) is 1.23. The molecule has 0 bridgehead atoms. The molecular formula is C12H9ClFNO2. The standard InChI is InChI=1S/C12H9ClFNO2/c1-6-3-8-7(9(14)4-6)5-10(12(16)17-2)15-11(8)13/h3-5H,1-2H3. The number of halogens is 2. The topological polar surface area (TPSA) is 39.2 Å². The lowest BCUT2D eigenvalue weighted by atomic mass is 10.1. The van der Waals surface area contributed by atoms with Gasteiger partial charge in [0, 0.05) is 10.8 Å². The normalized spacial score (nSPS) is 10.6. The Morgan fingerprint density at radius 1 is 1.35 bits per heavy atom. The van der Waals surface area contributed by atoms with E-state index in [0.717, 1.165) is 5.56 Å². The van der Waals surface area contributed by atoms with Crippen LogP contribution in [0.3, 0.4) is 0 Å². The zero-order chi connectivity index (χ0) is 12.6. The SMILES string of the molecule is COC(=O)c1cc2c(F)cc(C)cc2c(Cl)n1. The maximum atomic E-state index is 13.7. The fraction of sp³-hybridized carbons (Fsp3) is 0.167. The zero-order valence-corrected chi connectivity index (χ0v) is 10.0. The third-order valence-corrected chi connectivity index (χ3v) is 2.68. The summed E-state index contributed by atoms with van der Waals surface area (Å²) in [4.78, 5) is 15.2. The number of aromatic nitrogens is 1. The van der Waals surface area contributed by atoms with Crippen molar-refractivity contribution in [2.75, 3.05) is 7.11 Å². The molecule has 1 aromatic heterocycles. The molecule has 17 heavy (non-hydrogen) atoms. The Morgan fingerprint density at radius 3 is 2.71 bits per heavy atom. The molecule has 1 heterocycles. The summed E-state index contributed by atoms with van der Waals surface area (Å²) in [6, 6.07) is 4.43. The van der Waals surface area contributed by atoms with E-state index in [-0.39, 0.29) is 16.2 Å². The summed E-state index contributed by atoms with van der Waals surface area (Å²) >= 11 is 5.92. The second kappa shape index (κ2) is 4.30. The number of nitrogens with zero attached hydrogens (tertiary/aromatic N) is 1. The van der Waals surface area contributed by atoms with Gasteiger partial charge in [0.15, 0.2) is 5.69 Å². The van der Waals surface area contributed by atoms with Crippen LogP contribution in [0.2, 0.25) is 5.15 Å². The molecule has 0 saturated heterocycles. The summed E-state index contributed by atoms with van der Waals surface area (Å²) in [5, 5.41) is 0.832. The van der Waals surface area contributed by atoms with E-state index in [1.54, 1.807) is 13.0 Å². The van der Waals surface area contributed by atoms with Gasteiger partial charge in [-0.2, -0.15) is 0 Å². The summed E-state index contributed by atoms with van der Waals surface area (Å²) in [5.41, 5.74) is 0.734. The molecule has 5 heteroatoms. The Morgan fingerprint density at radius 2 is 2.06 bits per heavy atom. The van der Waals surface area contributed by atoms with Crippen LogP contribution in [0.1, 0.15) is 16.1 Å². The fourth-order valence-corrected chi connectivity index (χ4v) is 1.86. The molecule has 0 atom stereocenters. The van der Waals surface area contributed by atoms with Crippen molar-refractivity contribution in [3.8, 4) is 0 Å². The number of methoxy groups -OCH3 is 1. The van der Waals surface area contributed by atoms with E-state index in [1.807, 2.05) is 0 Å². The number of fused-ring (bicyclic) bond motifs is 1. The number of carbonyl (C=O) groups is 1. The first-order valence-corrected chi connectivity index (χ1v) is 5.25. The van der Waals surface area contributed by atoms with Gasteiger partial charge >= 0.3 is 5.97 Å². The van der Waals surface area contributed by atoms with Crippen LogP contribution in [0, 0.1) is 12.7 Å². The average molecular weight is 254 g/mol. The van der Waals surface area contributed by atoms with Gasteiger partial charge in [0.1, 0.15) is 11.0 Å². The minimum atomic E-state index is -0.645. The van der Waals surface area contributed by atoms with Crippen molar-refractivity contribution >= 4 is 28.3 Å². The molecule has 1 aromatic carbocycles. The Balaban J connectivity index is 2.77. The molecule has 0 fully saturated rings. The highest BCUT2D eigenvalue weighted by molar-refractivity contribution is 6.34. The number of benzene rings is 1. The summed E-state index contributed by atoms with van der Waals surface area (Å²) < 4.78 is 18.3. The van der Waals surface area contributed by atoms with Crippen LogP contribution in [0.4, 0.5) is 4.39 Å². The molecule has 3 nitrogen and oxygen atoms in total. The smallest absolute Gasteiger partial charge is 0.356 e.